The molecule has 6 rings (SSSR count). The number of hydrogen-bond acceptors (Lipinski definition) is 24. The zero-order valence-electron chi connectivity index (χ0n) is 55.2. The molecule has 0 amide bonds. The van der Waals surface area contributed by atoms with Crippen LogP contribution in [0.15, 0.2) is 72.8 Å². The lowest BCUT2D eigenvalue weighted by Crippen LogP contribution is -2.25. The highest BCUT2D eigenvalue weighted by Gasteiger charge is 2.39. The molecule has 28 heteroatoms. The summed E-state index contributed by atoms with van der Waals surface area (Å²) in [6.45, 7) is 0.249. The van der Waals surface area contributed by atoms with Gasteiger partial charge in [-0.3, -0.25) is 9.35 Å². The Hall–Kier alpha value is -8.99. The van der Waals surface area contributed by atoms with Crippen LogP contribution in [0.4, 0.5) is 17.1 Å². The minimum Gasteiger partial charge on any atom is -0.748 e. The van der Waals surface area contributed by atoms with Crippen LogP contribution in [0.3, 0.4) is 0 Å². The topological polar surface area (TPSA) is 297 Å². The van der Waals surface area contributed by atoms with Gasteiger partial charge in [-0.25, -0.2) is 8.42 Å². The minimum atomic E-state index is -4.51. The lowest BCUT2D eigenvalue weighted by molar-refractivity contribution is -0.137. The molecule has 2 N–H and O–H groups in total. The molecule has 0 aliphatic rings. The number of benzene rings is 6. The van der Waals surface area contributed by atoms with Crippen LogP contribution in [-0.2, 0) is 25.0 Å². The van der Waals surface area contributed by atoms with E-state index in [1.807, 2.05) is 11.9 Å². The quantitative estimate of drug-likeness (QED) is 0.0281. The van der Waals surface area contributed by atoms with Crippen LogP contribution in [0.1, 0.15) is 65.5 Å². The first kappa shape index (κ1) is 76.5. The molecule has 0 aromatic heterocycles. The van der Waals surface area contributed by atoms with Crippen molar-refractivity contribution in [3.8, 4) is 86.2 Å². The largest absolute Gasteiger partial charge is 0.748 e. The van der Waals surface area contributed by atoms with Gasteiger partial charge < -0.3 is 95.4 Å². The van der Waals surface area contributed by atoms with Gasteiger partial charge in [-0.1, -0.05) is 7.43 Å². The first-order chi connectivity index (χ1) is 43.8. The van der Waals surface area contributed by atoms with E-state index in [-0.39, 0.29) is 38.4 Å². The molecule has 0 radical (unpaired) electrons. The molecule has 514 valence electrons. The monoisotopic (exact) mass is 1340 g/mol. The zero-order chi connectivity index (χ0) is 68.4. The van der Waals surface area contributed by atoms with E-state index in [9.17, 15) is 35.8 Å². The van der Waals surface area contributed by atoms with Gasteiger partial charge in [-0.05, 0) is 6.42 Å². The highest BCUT2D eigenvalue weighted by Crippen LogP contribution is 2.57. The van der Waals surface area contributed by atoms with Crippen LogP contribution in [0.5, 0.6) is 86.2 Å². The first-order valence-electron chi connectivity index (χ1n) is 28.2. The number of ether oxygens (including phenoxy) is 15. The fraction of sp³-hybridized carbons (Fsp3) is 0.431. The van der Waals surface area contributed by atoms with Gasteiger partial charge in [0.05, 0.1) is 140 Å². The summed E-state index contributed by atoms with van der Waals surface area (Å²) in [5.41, 5.74) is 5.05. The molecular formula is C65H88N3O23S2-. The summed E-state index contributed by atoms with van der Waals surface area (Å²) in [4.78, 5) is 16.3. The number of hydrogen-bond donors (Lipinski definition) is 2. The number of carbonyl (C=O) groups is 1. The number of rotatable bonds is 34. The second-order valence-electron chi connectivity index (χ2n) is 20.3. The Kier molecular flexibility index (Phi) is 28.5. The minimum absolute atomic E-state index is 0. The van der Waals surface area contributed by atoms with E-state index in [1.165, 1.54) is 42.7 Å². The number of aliphatic carboxylic acids is 1. The van der Waals surface area contributed by atoms with Crippen LogP contribution in [0, 0.1) is 0 Å². The standard InChI is InChI=1S/C36H51N3O14S2.C28H34O9.CH4/c1-37(12-10-11-32(40)41)23-17-26(48-4)33(27(18-23)49-5)36(34-28(50-6)19-24(20-29(34)51-7)38(2)13-15-54(42,43)44)35-30(52-8)21-25(22-31(35)53-9)39(3)14-16-55(45,46)47;1-29-16-10-19(32-4)25(20(11-16)33-5)28(26-21(34-6)12-17(30-2)13-22(26)35-7)27-23(36-8)14-18(31-3)15-24(27)37-9;/h17-22,36H,10-16H2,1-9H3,(H,40,41)(H,42,43,44)(H,45,46,47);10-15,28H,1-9H3;1H4/p-1. The molecule has 0 saturated heterocycles. The maximum absolute atomic E-state index is 11.6. The van der Waals surface area contributed by atoms with Gasteiger partial charge in [0.25, 0.3) is 10.1 Å². The Bertz CT molecular complexity index is 3310. The molecule has 6 aromatic carbocycles. The molecule has 0 aliphatic heterocycles. The predicted octanol–water partition coefficient (Wildman–Crippen LogP) is 9.11. The smallest absolute Gasteiger partial charge is 0.303 e. The first-order valence-corrected chi connectivity index (χ1v) is 31.4. The Morgan fingerprint density at radius 2 is 0.581 bits per heavy atom. The van der Waals surface area contributed by atoms with Gasteiger partial charge in [-0.15, -0.1) is 0 Å². The Labute approximate surface area is 546 Å². The summed E-state index contributed by atoms with van der Waals surface area (Å²) in [6, 6.07) is 21.0. The van der Waals surface area contributed by atoms with Crippen LogP contribution >= 0.6 is 0 Å². The highest BCUT2D eigenvalue weighted by molar-refractivity contribution is 7.86. The molecule has 6 aromatic rings. The third-order valence-electron chi connectivity index (χ3n) is 15.1. The van der Waals surface area contributed by atoms with Gasteiger partial charge in [0.2, 0.25) is 0 Å². The third-order valence-corrected chi connectivity index (χ3v) is 16.5. The Balaban J connectivity index is 0.000000422. The van der Waals surface area contributed by atoms with E-state index in [4.69, 9.17) is 71.1 Å². The van der Waals surface area contributed by atoms with Crippen molar-refractivity contribution >= 4 is 43.3 Å². The number of methoxy groups -OCH3 is 15. The summed E-state index contributed by atoms with van der Waals surface area (Å²) in [5, 5.41) is 9.18. The highest BCUT2D eigenvalue weighted by atomic mass is 32.2. The summed E-state index contributed by atoms with van der Waals surface area (Å²) in [6.07, 6.45) is 0.368. The van der Waals surface area contributed by atoms with Crippen LogP contribution in [0.25, 0.3) is 0 Å². The van der Waals surface area contributed by atoms with Gasteiger partial charge in [0.15, 0.2) is 0 Å². The number of nitrogens with zero attached hydrogens (tertiary/aromatic N) is 3. The van der Waals surface area contributed by atoms with Crippen LogP contribution in [0.2, 0.25) is 0 Å². The second-order valence-corrected chi connectivity index (χ2v) is 23.4. The molecule has 0 saturated carbocycles. The van der Waals surface area contributed by atoms with E-state index in [0.29, 0.717) is 138 Å². The van der Waals surface area contributed by atoms with E-state index >= 15 is 0 Å². The zero-order valence-corrected chi connectivity index (χ0v) is 56.8. The Morgan fingerprint density at radius 1 is 0.376 bits per heavy atom. The van der Waals surface area contributed by atoms with Gasteiger partial charge in [0.1, 0.15) is 86.2 Å². The predicted molar refractivity (Wildman–Crippen MR) is 353 cm³/mol. The normalized spacial score (nSPS) is 11.3. The number of carboxylic acid groups (broad SMARTS) is 1. The maximum atomic E-state index is 11.6. The molecule has 0 aliphatic carbocycles. The van der Waals surface area contributed by atoms with Crippen molar-refractivity contribution in [1.29, 1.82) is 0 Å². The van der Waals surface area contributed by atoms with Crippen molar-refractivity contribution in [2.45, 2.75) is 32.1 Å². The molecule has 1 atom stereocenters. The maximum Gasteiger partial charge on any atom is 0.303 e. The molecule has 1 unspecified atom stereocenters. The van der Waals surface area contributed by atoms with Crippen molar-refractivity contribution in [1.82, 2.24) is 0 Å². The lowest BCUT2D eigenvalue weighted by Gasteiger charge is -2.31. The summed E-state index contributed by atoms with van der Waals surface area (Å²) in [5.74, 6) is 3.05. The summed E-state index contributed by atoms with van der Waals surface area (Å²) >= 11 is 0. The molecule has 26 nitrogen and oxygen atoms in total. The summed E-state index contributed by atoms with van der Waals surface area (Å²) in [7, 11) is 19.3. The van der Waals surface area contributed by atoms with Gasteiger partial charge >= 0.3 is 5.97 Å². The molecule has 93 heavy (non-hydrogen) atoms. The Morgan fingerprint density at radius 3 is 0.763 bits per heavy atom. The SMILES string of the molecule is C.COc1cc(N(C)CCCC(=O)O)cc(OC)c1C(c1c(OC)cc(N(C)CCS(=O)(=O)[O-])cc1OC)c1c(OC)cc(N(C)CCS(=O)(=O)O)cc1OC.COc1cc(OC)c(C(c2c(OC)cc(OC)cc2OC)c2c(OC)cc(OC)cc2OC)c(OC)c1. The third kappa shape index (κ3) is 18.6. The van der Waals surface area contributed by atoms with Crippen molar-refractivity contribution in [2.24, 2.45) is 0 Å². The van der Waals surface area contributed by atoms with E-state index in [2.05, 4.69) is 0 Å². The van der Waals surface area contributed by atoms with Crippen LogP contribution in [-0.4, -0.2) is 196 Å². The molecular weight excluding hydrogens is 1250 g/mol. The summed E-state index contributed by atoms with van der Waals surface area (Å²) < 4.78 is 155. The second kappa shape index (κ2) is 34.6. The van der Waals surface area contributed by atoms with Gasteiger partial charge in [0, 0.05) is 170 Å². The average molecular weight is 1340 g/mol. The molecule has 0 spiro atoms. The van der Waals surface area contributed by atoms with E-state index < -0.39 is 49.5 Å². The van der Waals surface area contributed by atoms with E-state index in [0.717, 1.165) is 0 Å². The average Bonchev–Trinajstić information content (AvgIpc) is 0.758. The molecule has 0 fully saturated rings. The van der Waals surface area contributed by atoms with Crippen molar-refractivity contribution in [3.63, 3.8) is 0 Å². The van der Waals surface area contributed by atoms with Crippen molar-refractivity contribution in [3.05, 3.63) is 106 Å². The van der Waals surface area contributed by atoms with Gasteiger partial charge in [-0.2, -0.15) is 8.42 Å². The number of carboxylic acids is 1. The molecule has 0 bridgehead atoms. The number of anilines is 3. The molecule has 0 heterocycles. The van der Waals surface area contributed by atoms with Crippen molar-refractivity contribution in [2.75, 3.05) is 174 Å². The fourth-order valence-corrected chi connectivity index (χ4v) is 11.5. The lowest BCUT2D eigenvalue weighted by atomic mass is 9.81. The van der Waals surface area contributed by atoms with E-state index in [1.54, 1.807) is 161 Å². The van der Waals surface area contributed by atoms with Crippen LogP contribution < -0.4 is 85.8 Å². The fourth-order valence-electron chi connectivity index (χ4n) is 10.5. The van der Waals surface area contributed by atoms with Crippen molar-refractivity contribution < 1.29 is 107 Å².